The average Bonchev–Trinajstić information content (AvgIpc) is 3.37. The fourth-order valence-electron chi connectivity index (χ4n) is 3.69. The summed E-state index contributed by atoms with van der Waals surface area (Å²) in [5.41, 5.74) is 10.1. The smallest absolute Gasteiger partial charge is 0.279 e. The number of hydrogen-bond acceptors (Lipinski definition) is 6. The molecule has 9 heteroatoms. The number of thiazole rings is 1. The summed E-state index contributed by atoms with van der Waals surface area (Å²) in [6, 6.07) is 16.9. The number of para-hydroxylation sites is 2. The van der Waals surface area contributed by atoms with Crippen molar-refractivity contribution in [3.8, 4) is 22.7 Å². The summed E-state index contributed by atoms with van der Waals surface area (Å²) in [6.07, 6.45) is 0. The highest BCUT2D eigenvalue weighted by molar-refractivity contribution is 7.13. The van der Waals surface area contributed by atoms with Crippen LogP contribution in [0.2, 0.25) is 5.15 Å². The van der Waals surface area contributed by atoms with Gasteiger partial charge in [0.1, 0.15) is 16.6 Å². The molecule has 0 atom stereocenters. The van der Waals surface area contributed by atoms with Crippen molar-refractivity contribution >= 4 is 45.4 Å². The van der Waals surface area contributed by atoms with Crippen LogP contribution < -0.4 is 20.7 Å². The molecule has 0 fully saturated rings. The molecule has 0 aliphatic carbocycles. The van der Waals surface area contributed by atoms with E-state index in [9.17, 15) is 4.79 Å². The molecule has 5 rings (SSSR count). The number of nitrogens with zero attached hydrogens (tertiary/aromatic N) is 3. The zero-order chi connectivity index (χ0) is 21.5. The molecule has 1 aliphatic rings. The van der Waals surface area contributed by atoms with E-state index in [1.807, 2.05) is 53.9 Å². The maximum Gasteiger partial charge on any atom is 0.279 e. The number of amides is 1. The van der Waals surface area contributed by atoms with Crippen molar-refractivity contribution in [2.75, 3.05) is 29.7 Å². The van der Waals surface area contributed by atoms with Crippen LogP contribution in [0.5, 0.6) is 5.75 Å². The van der Waals surface area contributed by atoms with E-state index in [0.717, 1.165) is 16.9 Å². The lowest BCUT2D eigenvalue weighted by molar-refractivity contribution is 0.0978. The summed E-state index contributed by atoms with van der Waals surface area (Å²) < 4.78 is 7.19. The molecule has 0 saturated heterocycles. The number of anilines is 3. The Morgan fingerprint density at radius 1 is 1.19 bits per heavy atom. The number of carbonyl (C=O) groups excluding carboxylic acids is 1. The lowest BCUT2D eigenvalue weighted by Crippen LogP contribution is -2.41. The van der Waals surface area contributed by atoms with E-state index in [-0.39, 0.29) is 5.91 Å². The second kappa shape index (κ2) is 7.64. The predicted molar refractivity (Wildman–Crippen MR) is 125 cm³/mol. The van der Waals surface area contributed by atoms with Crippen molar-refractivity contribution in [3.63, 3.8) is 0 Å². The van der Waals surface area contributed by atoms with Crippen molar-refractivity contribution < 1.29 is 9.53 Å². The number of rotatable bonds is 4. The SMILES string of the molecule is COc1ccccc1N1CNc2cc(Cl)n(-c3ccc(-c4csc(N)n4)cc3)c2C1=O. The number of fused-ring (bicyclic) bond motifs is 1. The molecule has 1 amide bonds. The molecule has 0 unspecified atom stereocenters. The zero-order valence-electron chi connectivity index (χ0n) is 16.5. The van der Waals surface area contributed by atoms with Crippen LogP contribution in [-0.2, 0) is 0 Å². The van der Waals surface area contributed by atoms with Crippen LogP contribution in [0.3, 0.4) is 0 Å². The van der Waals surface area contributed by atoms with Crippen molar-refractivity contribution in [1.29, 1.82) is 0 Å². The minimum atomic E-state index is -0.165. The number of benzene rings is 2. The van der Waals surface area contributed by atoms with Crippen LogP contribution in [-0.4, -0.2) is 29.2 Å². The van der Waals surface area contributed by atoms with Gasteiger partial charge in [0.05, 0.1) is 30.8 Å². The van der Waals surface area contributed by atoms with Gasteiger partial charge in [-0.2, -0.15) is 0 Å². The van der Waals surface area contributed by atoms with Crippen LogP contribution in [0.4, 0.5) is 16.5 Å². The van der Waals surface area contributed by atoms with Gasteiger partial charge in [0.15, 0.2) is 5.13 Å². The van der Waals surface area contributed by atoms with Crippen LogP contribution in [0, 0.1) is 0 Å². The lowest BCUT2D eigenvalue weighted by atomic mass is 10.1. The van der Waals surface area contributed by atoms with Gasteiger partial charge in [0, 0.05) is 16.6 Å². The molecule has 1 aliphatic heterocycles. The van der Waals surface area contributed by atoms with Gasteiger partial charge in [-0.05, 0) is 30.3 Å². The Labute approximate surface area is 187 Å². The number of hydrogen-bond donors (Lipinski definition) is 2. The predicted octanol–water partition coefficient (Wildman–Crippen LogP) is 4.87. The molecule has 31 heavy (non-hydrogen) atoms. The van der Waals surface area contributed by atoms with Crippen molar-refractivity contribution in [3.05, 3.63) is 70.8 Å². The second-order valence-corrected chi connectivity index (χ2v) is 8.20. The summed E-state index contributed by atoms with van der Waals surface area (Å²) in [4.78, 5) is 19.5. The fourth-order valence-corrected chi connectivity index (χ4v) is 4.55. The molecule has 156 valence electrons. The molecule has 2 aromatic carbocycles. The summed E-state index contributed by atoms with van der Waals surface area (Å²) in [5.74, 6) is 0.457. The highest BCUT2D eigenvalue weighted by Crippen LogP contribution is 2.37. The molecule has 0 bridgehead atoms. The highest BCUT2D eigenvalue weighted by Gasteiger charge is 2.32. The van der Waals surface area contributed by atoms with Crippen molar-refractivity contribution in [2.45, 2.75) is 0 Å². The third-order valence-electron chi connectivity index (χ3n) is 5.15. The first-order chi connectivity index (χ1) is 15.1. The van der Waals surface area contributed by atoms with Gasteiger partial charge < -0.3 is 15.8 Å². The topological polar surface area (TPSA) is 85.4 Å². The molecular formula is C22H18ClN5O2S. The number of methoxy groups -OCH3 is 1. The van der Waals surface area contributed by atoms with E-state index in [4.69, 9.17) is 22.1 Å². The molecule has 2 aromatic heterocycles. The third kappa shape index (κ3) is 3.30. The maximum atomic E-state index is 13.5. The van der Waals surface area contributed by atoms with Gasteiger partial charge in [-0.25, -0.2) is 4.98 Å². The van der Waals surface area contributed by atoms with Crippen LogP contribution >= 0.6 is 22.9 Å². The van der Waals surface area contributed by atoms with Gasteiger partial charge in [-0.1, -0.05) is 35.9 Å². The van der Waals surface area contributed by atoms with Gasteiger partial charge in [0.2, 0.25) is 0 Å². The van der Waals surface area contributed by atoms with E-state index in [0.29, 0.717) is 39.8 Å². The number of nitrogens with two attached hydrogens (primary N) is 1. The fraction of sp³-hybridized carbons (Fsp3) is 0.0909. The number of halogens is 1. The van der Waals surface area contributed by atoms with Gasteiger partial charge in [0.25, 0.3) is 5.91 Å². The standard InChI is InChI=1S/C22H18ClN5O2S/c1-30-18-5-3-2-4-17(18)27-12-25-15-10-19(23)28(20(15)21(27)29)14-8-6-13(7-9-14)16-11-31-22(24)26-16/h2-11,25H,12H2,1H3,(H2,24,26). The largest absolute Gasteiger partial charge is 0.495 e. The Morgan fingerprint density at radius 2 is 1.97 bits per heavy atom. The summed E-state index contributed by atoms with van der Waals surface area (Å²) in [5, 5.41) is 6.16. The molecule has 7 nitrogen and oxygen atoms in total. The number of nitrogens with one attached hydrogen (secondary N) is 1. The summed E-state index contributed by atoms with van der Waals surface area (Å²) >= 11 is 7.94. The molecule has 4 aromatic rings. The molecule has 0 radical (unpaired) electrons. The minimum Gasteiger partial charge on any atom is -0.495 e. The quantitative estimate of drug-likeness (QED) is 0.462. The van der Waals surface area contributed by atoms with Crippen LogP contribution in [0.15, 0.2) is 60.0 Å². The Balaban J connectivity index is 1.55. The maximum absolute atomic E-state index is 13.5. The van der Waals surface area contributed by atoms with E-state index < -0.39 is 0 Å². The number of aromatic nitrogens is 2. The average molecular weight is 452 g/mol. The first kappa shape index (κ1) is 19.5. The van der Waals surface area contributed by atoms with Crippen LogP contribution in [0.1, 0.15) is 10.5 Å². The van der Waals surface area contributed by atoms with Crippen molar-refractivity contribution in [2.24, 2.45) is 0 Å². The van der Waals surface area contributed by atoms with E-state index in [2.05, 4.69) is 10.3 Å². The minimum absolute atomic E-state index is 0.165. The third-order valence-corrected chi connectivity index (χ3v) is 6.10. The number of nitrogen functional groups attached to an aromatic ring is 1. The number of ether oxygens (including phenoxy) is 1. The summed E-state index contributed by atoms with van der Waals surface area (Å²) in [6.45, 7) is 0.316. The van der Waals surface area contributed by atoms with E-state index in [1.54, 1.807) is 22.6 Å². The van der Waals surface area contributed by atoms with E-state index >= 15 is 0 Å². The van der Waals surface area contributed by atoms with Gasteiger partial charge >= 0.3 is 0 Å². The number of carbonyl (C=O) groups is 1. The molecular weight excluding hydrogens is 434 g/mol. The Kier molecular flexibility index (Phi) is 4.80. The molecule has 3 heterocycles. The Morgan fingerprint density at radius 3 is 2.68 bits per heavy atom. The summed E-state index contributed by atoms with van der Waals surface area (Å²) in [7, 11) is 1.59. The van der Waals surface area contributed by atoms with Crippen LogP contribution in [0.25, 0.3) is 16.9 Å². The Bertz CT molecular complexity index is 1280. The van der Waals surface area contributed by atoms with E-state index in [1.165, 1.54) is 11.3 Å². The normalized spacial score (nSPS) is 13.1. The first-order valence-electron chi connectivity index (χ1n) is 9.48. The second-order valence-electron chi connectivity index (χ2n) is 6.92. The molecule has 0 saturated carbocycles. The monoisotopic (exact) mass is 451 g/mol. The van der Waals surface area contributed by atoms with Gasteiger partial charge in [-0.15, -0.1) is 11.3 Å². The van der Waals surface area contributed by atoms with Gasteiger partial charge in [-0.3, -0.25) is 14.3 Å². The lowest BCUT2D eigenvalue weighted by Gasteiger charge is -2.30. The highest BCUT2D eigenvalue weighted by atomic mass is 35.5. The zero-order valence-corrected chi connectivity index (χ0v) is 18.1. The Hall–Kier alpha value is -3.49. The molecule has 3 N–H and O–H groups in total. The van der Waals surface area contributed by atoms with Crippen molar-refractivity contribution in [1.82, 2.24) is 9.55 Å². The molecule has 0 spiro atoms. The first-order valence-corrected chi connectivity index (χ1v) is 10.7.